The van der Waals surface area contributed by atoms with Crippen LogP contribution in [0.15, 0.2) is 12.4 Å². The van der Waals surface area contributed by atoms with E-state index in [0.29, 0.717) is 6.04 Å². The fraction of sp³-hybridized carbons (Fsp3) is 0.769. The number of nitrogens with zero attached hydrogens (tertiary/aromatic N) is 2. The van der Waals surface area contributed by atoms with Crippen LogP contribution in [0.25, 0.3) is 0 Å². The molecule has 0 radical (unpaired) electrons. The van der Waals surface area contributed by atoms with E-state index >= 15 is 0 Å². The van der Waals surface area contributed by atoms with Crippen molar-refractivity contribution in [3.05, 3.63) is 18.0 Å². The van der Waals surface area contributed by atoms with Crippen LogP contribution < -0.4 is 5.32 Å². The van der Waals surface area contributed by atoms with Crippen molar-refractivity contribution in [2.24, 2.45) is 0 Å². The van der Waals surface area contributed by atoms with Gasteiger partial charge in [-0.2, -0.15) is 16.9 Å². The van der Waals surface area contributed by atoms with E-state index in [9.17, 15) is 0 Å². The van der Waals surface area contributed by atoms with Gasteiger partial charge in [0, 0.05) is 24.3 Å². The summed E-state index contributed by atoms with van der Waals surface area (Å²) >= 11 is 2.00. The van der Waals surface area contributed by atoms with Gasteiger partial charge in [-0.3, -0.25) is 4.68 Å². The van der Waals surface area contributed by atoms with Crippen LogP contribution in [0.5, 0.6) is 0 Å². The Morgan fingerprint density at radius 1 is 1.47 bits per heavy atom. The zero-order valence-corrected chi connectivity index (χ0v) is 12.1. The molecule has 0 amide bonds. The molecule has 0 spiro atoms. The first-order valence-electron chi connectivity index (χ1n) is 6.61. The maximum Gasteiger partial charge on any atom is 0.0537 e. The zero-order valence-electron chi connectivity index (χ0n) is 11.3. The fourth-order valence-electron chi connectivity index (χ4n) is 1.68. The van der Waals surface area contributed by atoms with Gasteiger partial charge in [-0.05, 0) is 37.8 Å². The Balaban J connectivity index is 2.31. The number of hydrogen-bond donors (Lipinski definition) is 1. The van der Waals surface area contributed by atoms with E-state index in [1.807, 2.05) is 18.0 Å². The van der Waals surface area contributed by atoms with Gasteiger partial charge in [-0.15, -0.1) is 0 Å². The number of aryl methyl sites for hydroxylation is 1. The van der Waals surface area contributed by atoms with Crippen LogP contribution in [0.4, 0.5) is 0 Å². The molecular weight excluding hydrogens is 230 g/mol. The van der Waals surface area contributed by atoms with Gasteiger partial charge >= 0.3 is 0 Å². The molecule has 0 bridgehead atoms. The van der Waals surface area contributed by atoms with Gasteiger partial charge in [0.1, 0.15) is 0 Å². The molecule has 0 saturated carbocycles. The second kappa shape index (κ2) is 8.59. The monoisotopic (exact) mass is 255 g/mol. The van der Waals surface area contributed by atoms with Gasteiger partial charge in [0.05, 0.1) is 6.20 Å². The van der Waals surface area contributed by atoms with E-state index < -0.39 is 0 Å². The van der Waals surface area contributed by atoms with Crippen molar-refractivity contribution >= 4 is 11.8 Å². The third kappa shape index (κ3) is 5.59. The molecule has 1 rings (SSSR count). The first-order valence-corrected chi connectivity index (χ1v) is 7.76. The topological polar surface area (TPSA) is 29.9 Å². The Bertz CT molecular complexity index is 299. The second-order valence-corrected chi connectivity index (χ2v) is 5.66. The SMILES string of the molecule is CCCNC(C)c1cnn(CCCSCC)c1. The lowest BCUT2D eigenvalue weighted by atomic mass is 10.2. The number of nitrogens with one attached hydrogen (secondary N) is 1. The zero-order chi connectivity index (χ0) is 12.5. The van der Waals surface area contributed by atoms with E-state index in [1.165, 1.54) is 29.9 Å². The van der Waals surface area contributed by atoms with Crippen molar-refractivity contribution in [2.45, 2.75) is 46.2 Å². The fourth-order valence-corrected chi connectivity index (χ4v) is 2.30. The average Bonchev–Trinajstić information content (AvgIpc) is 2.80. The second-order valence-electron chi connectivity index (χ2n) is 4.26. The Morgan fingerprint density at radius 3 is 3.00 bits per heavy atom. The van der Waals surface area contributed by atoms with Crippen LogP contribution in [0.2, 0.25) is 0 Å². The van der Waals surface area contributed by atoms with Crippen LogP contribution in [0, 0.1) is 0 Å². The van der Waals surface area contributed by atoms with Crippen LogP contribution in [0.1, 0.15) is 45.2 Å². The Kier molecular flexibility index (Phi) is 7.37. The van der Waals surface area contributed by atoms with Crippen molar-refractivity contribution in [2.75, 3.05) is 18.1 Å². The lowest BCUT2D eigenvalue weighted by molar-refractivity contribution is 0.567. The highest BCUT2D eigenvalue weighted by atomic mass is 32.2. The summed E-state index contributed by atoms with van der Waals surface area (Å²) in [7, 11) is 0. The van der Waals surface area contributed by atoms with Crippen LogP contribution in [0.3, 0.4) is 0 Å². The molecule has 0 aliphatic heterocycles. The highest BCUT2D eigenvalue weighted by Gasteiger charge is 2.06. The number of rotatable bonds is 9. The summed E-state index contributed by atoms with van der Waals surface area (Å²) in [6, 6.07) is 0.411. The third-order valence-electron chi connectivity index (χ3n) is 2.73. The molecule has 1 N–H and O–H groups in total. The third-order valence-corrected chi connectivity index (χ3v) is 3.72. The van der Waals surface area contributed by atoms with Crippen molar-refractivity contribution < 1.29 is 0 Å². The van der Waals surface area contributed by atoms with Gasteiger partial charge in [0.15, 0.2) is 0 Å². The van der Waals surface area contributed by atoms with E-state index in [2.05, 4.69) is 42.1 Å². The average molecular weight is 255 g/mol. The lowest BCUT2D eigenvalue weighted by Gasteiger charge is -2.10. The summed E-state index contributed by atoms with van der Waals surface area (Å²) in [5.74, 6) is 2.44. The molecule has 1 atom stereocenters. The quantitative estimate of drug-likeness (QED) is 0.688. The first-order chi connectivity index (χ1) is 8.27. The molecule has 1 heterocycles. The highest BCUT2D eigenvalue weighted by Crippen LogP contribution is 2.11. The molecule has 0 aliphatic carbocycles. The van der Waals surface area contributed by atoms with Gasteiger partial charge < -0.3 is 5.32 Å². The van der Waals surface area contributed by atoms with E-state index in [0.717, 1.165) is 13.1 Å². The minimum absolute atomic E-state index is 0.411. The van der Waals surface area contributed by atoms with Gasteiger partial charge in [0.2, 0.25) is 0 Å². The van der Waals surface area contributed by atoms with Crippen molar-refractivity contribution in [1.82, 2.24) is 15.1 Å². The van der Waals surface area contributed by atoms with Gasteiger partial charge in [-0.1, -0.05) is 13.8 Å². The first kappa shape index (κ1) is 14.6. The molecule has 1 aromatic heterocycles. The molecule has 3 nitrogen and oxygen atoms in total. The Labute approximate surface area is 109 Å². The van der Waals surface area contributed by atoms with E-state index in [4.69, 9.17) is 0 Å². The maximum absolute atomic E-state index is 4.41. The summed E-state index contributed by atoms with van der Waals surface area (Å²) in [4.78, 5) is 0. The highest BCUT2D eigenvalue weighted by molar-refractivity contribution is 7.99. The van der Waals surface area contributed by atoms with Gasteiger partial charge in [-0.25, -0.2) is 0 Å². The maximum atomic E-state index is 4.41. The van der Waals surface area contributed by atoms with E-state index in [-0.39, 0.29) is 0 Å². The van der Waals surface area contributed by atoms with Crippen molar-refractivity contribution in [3.63, 3.8) is 0 Å². The summed E-state index contributed by atoms with van der Waals surface area (Å²) in [5, 5.41) is 7.89. The van der Waals surface area contributed by atoms with E-state index in [1.54, 1.807) is 0 Å². The lowest BCUT2D eigenvalue weighted by Crippen LogP contribution is -2.18. The minimum atomic E-state index is 0.411. The molecule has 0 aromatic carbocycles. The number of thioether (sulfide) groups is 1. The molecule has 98 valence electrons. The molecular formula is C13H25N3S. The number of hydrogen-bond acceptors (Lipinski definition) is 3. The summed E-state index contributed by atoms with van der Waals surface area (Å²) in [6.07, 6.45) is 6.54. The predicted molar refractivity (Wildman–Crippen MR) is 76.6 cm³/mol. The van der Waals surface area contributed by atoms with Crippen molar-refractivity contribution in [3.8, 4) is 0 Å². The molecule has 0 fully saturated rings. The van der Waals surface area contributed by atoms with Gasteiger partial charge in [0.25, 0.3) is 0 Å². The predicted octanol–water partition coefficient (Wildman–Crippen LogP) is 3.09. The molecule has 17 heavy (non-hydrogen) atoms. The van der Waals surface area contributed by atoms with Crippen molar-refractivity contribution in [1.29, 1.82) is 0 Å². The molecule has 0 aliphatic rings. The minimum Gasteiger partial charge on any atom is -0.310 e. The van der Waals surface area contributed by atoms with Crippen LogP contribution in [-0.4, -0.2) is 27.8 Å². The summed E-state index contributed by atoms with van der Waals surface area (Å²) in [5.41, 5.74) is 1.29. The Hall–Kier alpha value is -0.480. The standard InChI is InChI=1S/C13H25N3S/c1-4-7-14-12(3)13-10-15-16(11-13)8-6-9-17-5-2/h10-12,14H,4-9H2,1-3H3. The Morgan fingerprint density at radius 2 is 2.29 bits per heavy atom. The smallest absolute Gasteiger partial charge is 0.0537 e. The van der Waals surface area contributed by atoms with Crippen LogP contribution in [-0.2, 0) is 6.54 Å². The molecule has 1 aromatic rings. The summed E-state index contributed by atoms with van der Waals surface area (Å²) < 4.78 is 2.07. The largest absolute Gasteiger partial charge is 0.310 e. The molecule has 1 unspecified atom stereocenters. The summed E-state index contributed by atoms with van der Waals surface area (Å²) in [6.45, 7) is 8.70. The van der Waals surface area contributed by atoms with Crippen LogP contribution >= 0.6 is 11.8 Å². The molecule has 4 heteroatoms. The number of aromatic nitrogens is 2. The normalized spacial score (nSPS) is 12.9. The molecule has 0 saturated heterocycles.